The highest BCUT2D eigenvalue weighted by atomic mass is 16.5. The third-order valence-electron chi connectivity index (χ3n) is 1.86. The van der Waals surface area contributed by atoms with E-state index >= 15 is 0 Å². The van der Waals surface area contributed by atoms with Crippen LogP contribution in [-0.4, -0.2) is 20.3 Å². The number of rotatable bonds is 4. The quantitative estimate of drug-likeness (QED) is 0.560. The second-order valence-corrected chi connectivity index (χ2v) is 3.10. The predicted molar refractivity (Wildman–Crippen MR) is 57.4 cm³/mol. The van der Waals surface area contributed by atoms with Gasteiger partial charge in [0.1, 0.15) is 12.4 Å². The molecule has 0 aliphatic rings. The Balaban J connectivity index is 2.75. The Bertz CT molecular complexity index is 290. The van der Waals surface area contributed by atoms with Gasteiger partial charge in [-0.1, -0.05) is 0 Å². The molecule has 4 heteroatoms. The number of hydrogen-bond donors (Lipinski definition) is 2. The van der Waals surface area contributed by atoms with Crippen LogP contribution in [0.15, 0.2) is 12.1 Å². The summed E-state index contributed by atoms with van der Waals surface area (Å²) in [5.41, 5.74) is 13.5. The SMILES string of the molecule is COCCOc1c(C)cc(N)cc1N. The molecule has 0 radical (unpaired) electrons. The van der Waals surface area contributed by atoms with E-state index in [-0.39, 0.29) is 0 Å². The molecular weight excluding hydrogens is 180 g/mol. The number of benzene rings is 1. The summed E-state index contributed by atoms with van der Waals surface area (Å²) in [5.74, 6) is 0.691. The molecule has 0 aromatic heterocycles. The molecule has 14 heavy (non-hydrogen) atoms. The monoisotopic (exact) mass is 196 g/mol. The van der Waals surface area contributed by atoms with E-state index in [0.717, 1.165) is 5.56 Å². The highest BCUT2D eigenvalue weighted by Gasteiger charge is 2.05. The molecule has 0 heterocycles. The highest BCUT2D eigenvalue weighted by Crippen LogP contribution is 2.28. The van der Waals surface area contributed by atoms with E-state index in [0.29, 0.717) is 30.3 Å². The predicted octanol–water partition coefficient (Wildman–Crippen LogP) is 1.18. The van der Waals surface area contributed by atoms with Crippen LogP contribution in [-0.2, 0) is 4.74 Å². The molecule has 4 nitrogen and oxygen atoms in total. The van der Waals surface area contributed by atoms with Crippen LogP contribution in [0.2, 0.25) is 0 Å². The lowest BCUT2D eigenvalue weighted by atomic mass is 10.1. The highest BCUT2D eigenvalue weighted by molar-refractivity contribution is 5.64. The fraction of sp³-hybridized carbons (Fsp3) is 0.400. The Labute approximate surface area is 83.8 Å². The van der Waals surface area contributed by atoms with Gasteiger partial charge in [0, 0.05) is 12.8 Å². The van der Waals surface area contributed by atoms with Crippen molar-refractivity contribution in [2.45, 2.75) is 6.92 Å². The molecule has 0 unspecified atom stereocenters. The van der Waals surface area contributed by atoms with E-state index in [2.05, 4.69) is 0 Å². The molecule has 78 valence electrons. The van der Waals surface area contributed by atoms with Crippen molar-refractivity contribution in [2.75, 3.05) is 31.8 Å². The third-order valence-corrected chi connectivity index (χ3v) is 1.86. The van der Waals surface area contributed by atoms with E-state index in [1.54, 1.807) is 13.2 Å². The van der Waals surface area contributed by atoms with Crippen molar-refractivity contribution in [1.82, 2.24) is 0 Å². The average Bonchev–Trinajstić information content (AvgIpc) is 2.09. The van der Waals surface area contributed by atoms with Gasteiger partial charge in [0.15, 0.2) is 0 Å². The first kappa shape index (κ1) is 10.7. The number of nitrogens with two attached hydrogens (primary N) is 2. The molecule has 0 spiro atoms. The minimum absolute atomic E-state index is 0.492. The van der Waals surface area contributed by atoms with Crippen LogP contribution < -0.4 is 16.2 Å². The van der Waals surface area contributed by atoms with Gasteiger partial charge in [-0.05, 0) is 24.6 Å². The smallest absolute Gasteiger partial charge is 0.145 e. The lowest BCUT2D eigenvalue weighted by Gasteiger charge is -2.11. The Kier molecular flexibility index (Phi) is 3.59. The van der Waals surface area contributed by atoms with Gasteiger partial charge in [-0.3, -0.25) is 0 Å². The standard InChI is InChI=1S/C10H16N2O2/c1-7-5-8(11)6-9(12)10(7)14-4-3-13-2/h5-6H,3-4,11-12H2,1-2H3. The first-order valence-corrected chi connectivity index (χ1v) is 4.42. The van der Waals surface area contributed by atoms with Crippen molar-refractivity contribution >= 4 is 11.4 Å². The minimum Gasteiger partial charge on any atom is -0.489 e. The lowest BCUT2D eigenvalue weighted by molar-refractivity contribution is 0.146. The third kappa shape index (κ3) is 2.53. The maximum absolute atomic E-state index is 5.76. The second kappa shape index (κ2) is 4.72. The van der Waals surface area contributed by atoms with E-state index in [4.69, 9.17) is 20.9 Å². The topological polar surface area (TPSA) is 70.5 Å². The van der Waals surface area contributed by atoms with Crippen LogP contribution in [0, 0.1) is 6.92 Å². The molecule has 0 aliphatic carbocycles. The molecule has 0 bridgehead atoms. The van der Waals surface area contributed by atoms with E-state index in [1.807, 2.05) is 13.0 Å². The van der Waals surface area contributed by atoms with Crippen LogP contribution in [0.1, 0.15) is 5.56 Å². The average molecular weight is 196 g/mol. The minimum atomic E-state index is 0.492. The molecule has 1 rings (SSSR count). The molecule has 4 N–H and O–H groups in total. The molecule has 1 aromatic rings. The molecule has 0 atom stereocenters. The summed E-state index contributed by atoms with van der Waals surface area (Å²) in [4.78, 5) is 0. The summed E-state index contributed by atoms with van der Waals surface area (Å²) < 4.78 is 10.3. The summed E-state index contributed by atoms with van der Waals surface area (Å²) in [6.45, 7) is 2.95. The van der Waals surface area contributed by atoms with Gasteiger partial charge in [-0.25, -0.2) is 0 Å². The number of aryl methyl sites for hydroxylation is 1. The fourth-order valence-electron chi connectivity index (χ4n) is 1.25. The van der Waals surface area contributed by atoms with Crippen molar-refractivity contribution in [3.63, 3.8) is 0 Å². The Morgan fingerprint density at radius 2 is 1.93 bits per heavy atom. The number of anilines is 2. The normalized spacial score (nSPS) is 10.1. The van der Waals surface area contributed by atoms with Crippen molar-refractivity contribution < 1.29 is 9.47 Å². The van der Waals surface area contributed by atoms with Gasteiger partial charge in [-0.15, -0.1) is 0 Å². The molecule has 0 saturated carbocycles. The van der Waals surface area contributed by atoms with E-state index < -0.39 is 0 Å². The molecule has 1 aromatic carbocycles. The van der Waals surface area contributed by atoms with Crippen LogP contribution in [0.4, 0.5) is 11.4 Å². The summed E-state index contributed by atoms with van der Waals surface area (Å²) in [6, 6.07) is 3.52. The summed E-state index contributed by atoms with van der Waals surface area (Å²) in [5, 5.41) is 0. The molecule has 0 fully saturated rings. The molecule has 0 aliphatic heterocycles. The number of nitrogen functional groups attached to an aromatic ring is 2. The maximum Gasteiger partial charge on any atom is 0.145 e. The zero-order valence-electron chi connectivity index (χ0n) is 8.54. The fourth-order valence-corrected chi connectivity index (χ4v) is 1.25. The number of methoxy groups -OCH3 is 1. The summed E-state index contributed by atoms with van der Waals surface area (Å²) >= 11 is 0. The van der Waals surface area contributed by atoms with Crippen LogP contribution in [0.3, 0.4) is 0 Å². The van der Waals surface area contributed by atoms with Crippen molar-refractivity contribution in [1.29, 1.82) is 0 Å². The largest absolute Gasteiger partial charge is 0.489 e. The Morgan fingerprint density at radius 1 is 1.21 bits per heavy atom. The van der Waals surface area contributed by atoms with Crippen molar-refractivity contribution in [3.8, 4) is 5.75 Å². The zero-order chi connectivity index (χ0) is 10.6. The number of ether oxygens (including phenoxy) is 2. The molecular formula is C10H16N2O2. The maximum atomic E-state index is 5.76. The van der Waals surface area contributed by atoms with Gasteiger partial charge in [0.2, 0.25) is 0 Å². The van der Waals surface area contributed by atoms with E-state index in [1.165, 1.54) is 0 Å². The van der Waals surface area contributed by atoms with Crippen molar-refractivity contribution in [3.05, 3.63) is 17.7 Å². The van der Waals surface area contributed by atoms with E-state index in [9.17, 15) is 0 Å². The first-order chi connectivity index (χ1) is 6.65. The van der Waals surface area contributed by atoms with Gasteiger partial charge in [0.25, 0.3) is 0 Å². The van der Waals surface area contributed by atoms with Gasteiger partial charge in [0.05, 0.1) is 12.3 Å². The lowest BCUT2D eigenvalue weighted by Crippen LogP contribution is -2.07. The summed E-state index contributed by atoms with van der Waals surface area (Å²) in [6.07, 6.45) is 0. The van der Waals surface area contributed by atoms with Gasteiger partial charge < -0.3 is 20.9 Å². The zero-order valence-corrected chi connectivity index (χ0v) is 8.54. The molecule has 0 amide bonds. The Morgan fingerprint density at radius 3 is 2.50 bits per heavy atom. The summed E-state index contributed by atoms with van der Waals surface area (Å²) in [7, 11) is 1.63. The first-order valence-electron chi connectivity index (χ1n) is 4.42. The van der Waals surface area contributed by atoms with Gasteiger partial charge >= 0.3 is 0 Å². The molecule has 0 saturated heterocycles. The Hall–Kier alpha value is -1.42. The van der Waals surface area contributed by atoms with Crippen LogP contribution in [0.5, 0.6) is 5.75 Å². The van der Waals surface area contributed by atoms with Crippen LogP contribution >= 0.6 is 0 Å². The second-order valence-electron chi connectivity index (χ2n) is 3.10. The van der Waals surface area contributed by atoms with Crippen LogP contribution in [0.25, 0.3) is 0 Å². The van der Waals surface area contributed by atoms with Crippen molar-refractivity contribution in [2.24, 2.45) is 0 Å². The van der Waals surface area contributed by atoms with Gasteiger partial charge in [-0.2, -0.15) is 0 Å². The number of hydrogen-bond acceptors (Lipinski definition) is 4.